The second-order valence-electron chi connectivity index (χ2n) is 2.78. The maximum absolute atomic E-state index is 13.1. The molecule has 0 unspecified atom stereocenters. The van der Waals surface area contributed by atoms with Crippen molar-refractivity contribution in [1.82, 2.24) is 5.32 Å². The smallest absolute Gasteiger partial charge is 0.262 e. The lowest BCUT2D eigenvalue weighted by Crippen LogP contribution is -2.19. The van der Waals surface area contributed by atoms with Gasteiger partial charge in [0.1, 0.15) is 10.7 Å². The van der Waals surface area contributed by atoms with Gasteiger partial charge in [0.25, 0.3) is 15.0 Å². The molecule has 1 amide bonds. The van der Waals surface area contributed by atoms with Crippen LogP contribution in [0.25, 0.3) is 0 Å². The van der Waals surface area contributed by atoms with Crippen molar-refractivity contribution < 1.29 is 17.6 Å². The largest absolute Gasteiger partial charge is 0.355 e. The maximum atomic E-state index is 13.1. The van der Waals surface area contributed by atoms with E-state index in [-0.39, 0.29) is 10.0 Å². The first-order valence-electron chi connectivity index (χ1n) is 3.93. The van der Waals surface area contributed by atoms with Gasteiger partial charge in [-0.05, 0) is 28.1 Å². The Labute approximate surface area is 104 Å². The Morgan fingerprint density at radius 3 is 2.50 bits per heavy atom. The Bertz CT molecular complexity index is 546. The molecule has 0 aliphatic carbocycles. The fraction of sp³-hybridized carbons (Fsp3) is 0.125. The first-order chi connectivity index (χ1) is 7.27. The number of rotatable bonds is 2. The Hall–Kier alpha value is -0.660. The Kier molecular flexibility index (Phi) is 3.92. The zero-order chi connectivity index (χ0) is 12.5. The molecule has 1 N–H and O–H groups in total. The lowest BCUT2D eigenvalue weighted by molar-refractivity contribution is 0.0961. The topological polar surface area (TPSA) is 63.2 Å². The van der Waals surface area contributed by atoms with Crippen LogP contribution in [0.1, 0.15) is 10.4 Å². The second-order valence-corrected chi connectivity index (χ2v) is 6.11. The molecule has 0 fully saturated rings. The van der Waals surface area contributed by atoms with Gasteiger partial charge in [-0.25, -0.2) is 12.8 Å². The fourth-order valence-corrected chi connectivity index (χ4v) is 3.31. The molecule has 1 rings (SSSR count). The predicted octanol–water partition coefficient (Wildman–Crippen LogP) is 1.88. The SMILES string of the molecule is CNC(=O)c1cc(F)cc(S(=O)(=O)Cl)c1Br. The van der Waals surface area contributed by atoms with Gasteiger partial charge in [-0.3, -0.25) is 4.79 Å². The van der Waals surface area contributed by atoms with Crippen molar-refractivity contribution in [2.75, 3.05) is 7.05 Å². The number of nitrogens with one attached hydrogen (secondary N) is 1. The van der Waals surface area contributed by atoms with Crippen LogP contribution in [-0.4, -0.2) is 21.4 Å². The first-order valence-corrected chi connectivity index (χ1v) is 7.03. The van der Waals surface area contributed by atoms with Crippen LogP contribution in [0.4, 0.5) is 4.39 Å². The van der Waals surface area contributed by atoms with Crippen molar-refractivity contribution in [3.63, 3.8) is 0 Å². The molecule has 0 heterocycles. The van der Waals surface area contributed by atoms with E-state index in [0.717, 1.165) is 12.1 Å². The van der Waals surface area contributed by atoms with Crippen LogP contribution >= 0.6 is 26.6 Å². The van der Waals surface area contributed by atoms with Crippen molar-refractivity contribution in [2.45, 2.75) is 4.90 Å². The summed E-state index contributed by atoms with van der Waals surface area (Å²) in [6.07, 6.45) is 0. The summed E-state index contributed by atoms with van der Waals surface area (Å²) in [4.78, 5) is 10.8. The summed E-state index contributed by atoms with van der Waals surface area (Å²) >= 11 is 2.90. The highest BCUT2D eigenvalue weighted by Crippen LogP contribution is 2.29. The number of carbonyl (C=O) groups excluding carboxylic acids is 1. The minimum Gasteiger partial charge on any atom is -0.355 e. The minimum atomic E-state index is -4.11. The van der Waals surface area contributed by atoms with E-state index in [1.54, 1.807) is 0 Å². The highest BCUT2D eigenvalue weighted by atomic mass is 79.9. The summed E-state index contributed by atoms with van der Waals surface area (Å²) < 4.78 is 35.3. The molecule has 16 heavy (non-hydrogen) atoms. The second kappa shape index (κ2) is 4.68. The van der Waals surface area contributed by atoms with Crippen molar-refractivity contribution in [1.29, 1.82) is 0 Å². The van der Waals surface area contributed by atoms with Crippen molar-refractivity contribution in [3.05, 3.63) is 28.0 Å². The van der Waals surface area contributed by atoms with Gasteiger partial charge in [0.15, 0.2) is 0 Å². The minimum absolute atomic E-state index is 0.0664. The average molecular weight is 331 g/mol. The van der Waals surface area contributed by atoms with Crippen molar-refractivity contribution in [3.8, 4) is 0 Å². The van der Waals surface area contributed by atoms with E-state index in [1.165, 1.54) is 7.05 Å². The lowest BCUT2D eigenvalue weighted by Gasteiger charge is -2.07. The third kappa shape index (κ3) is 2.72. The molecule has 0 saturated carbocycles. The molecule has 0 radical (unpaired) electrons. The van der Waals surface area contributed by atoms with Gasteiger partial charge >= 0.3 is 0 Å². The van der Waals surface area contributed by atoms with E-state index < -0.39 is 25.7 Å². The lowest BCUT2D eigenvalue weighted by atomic mass is 10.2. The number of halogens is 3. The van der Waals surface area contributed by atoms with Crippen LogP contribution in [0.15, 0.2) is 21.5 Å². The molecule has 4 nitrogen and oxygen atoms in total. The molecular weight excluding hydrogens is 325 g/mol. The summed E-state index contributed by atoms with van der Waals surface area (Å²) in [5, 5.41) is 2.25. The normalized spacial score (nSPS) is 11.2. The maximum Gasteiger partial charge on any atom is 0.262 e. The molecule has 1 aromatic rings. The molecule has 0 bridgehead atoms. The molecule has 0 aliphatic rings. The van der Waals surface area contributed by atoms with Crippen LogP contribution in [0, 0.1) is 5.82 Å². The predicted molar refractivity (Wildman–Crippen MR) is 60.5 cm³/mol. The van der Waals surface area contributed by atoms with Crippen LogP contribution in [0.5, 0.6) is 0 Å². The van der Waals surface area contributed by atoms with E-state index in [4.69, 9.17) is 10.7 Å². The fourth-order valence-electron chi connectivity index (χ4n) is 1.04. The van der Waals surface area contributed by atoms with Crippen molar-refractivity contribution in [2.24, 2.45) is 0 Å². The highest BCUT2D eigenvalue weighted by molar-refractivity contribution is 9.10. The highest BCUT2D eigenvalue weighted by Gasteiger charge is 2.21. The van der Waals surface area contributed by atoms with Gasteiger partial charge in [-0.1, -0.05) is 0 Å². The molecule has 0 aliphatic heterocycles. The molecular formula is C8H6BrClFNO3S. The van der Waals surface area contributed by atoms with E-state index in [0.29, 0.717) is 0 Å². The van der Waals surface area contributed by atoms with Crippen LogP contribution in [-0.2, 0) is 9.05 Å². The molecule has 0 saturated heterocycles. The van der Waals surface area contributed by atoms with E-state index >= 15 is 0 Å². The number of benzene rings is 1. The molecule has 0 atom stereocenters. The summed E-state index contributed by atoms with van der Waals surface area (Å²) in [7, 11) is 2.33. The third-order valence-corrected chi connectivity index (χ3v) is 4.20. The summed E-state index contributed by atoms with van der Waals surface area (Å²) in [5.74, 6) is -1.48. The summed E-state index contributed by atoms with van der Waals surface area (Å²) in [5.41, 5.74) is -0.137. The molecule has 0 spiro atoms. The van der Waals surface area contributed by atoms with E-state index in [1.807, 2.05) is 0 Å². The van der Waals surface area contributed by atoms with Crippen LogP contribution < -0.4 is 5.32 Å². The van der Waals surface area contributed by atoms with Crippen molar-refractivity contribution >= 4 is 41.6 Å². The standard InChI is InChI=1S/C8H6BrClFNO3S/c1-12-8(13)5-2-4(11)3-6(7(5)9)16(10,14)15/h2-3H,1H3,(H,12,13). The van der Waals surface area contributed by atoms with E-state index in [2.05, 4.69) is 21.2 Å². The zero-order valence-electron chi connectivity index (χ0n) is 7.92. The Morgan fingerprint density at radius 2 is 2.06 bits per heavy atom. The van der Waals surface area contributed by atoms with Gasteiger partial charge in [-0.2, -0.15) is 0 Å². The molecule has 0 aromatic heterocycles. The summed E-state index contributed by atoms with van der Waals surface area (Å²) in [6.45, 7) is 0. The Balaban J connectivity index is 3.56. The van der Waals surface area contributed by atoms with Gasteiger partial charge in [0, 0.05) is 17.7 Å². The molecule has 1 aromatic carbocycles. The first kappa shape index (κ1) is 13.4. The average Bonchev–Trinajstić information content (AvgIpc) is 2.18. The van der Waals surface area contributed by atoms with Crippen LogP contribution in [0.2, 0.25) is 0 Å². The monoisotopic (exact) mass is 329 g/mol. The van der Waals surface area contributed by atoms with Gasteiger partial charge < -0.3 is 5.32 Å². The van der Waals surface area contributed by atoms with Gasteiger partial charge in [-0.15, -0.1) is 0 Å². The molecule has 88 valence electrons. The van der Waals surface area contributed by atoms with Crippen LogP contribution in [0.3, 0.4) is 0 Å². The zero-order valence-corrected chi connectivity index (χ0v) is 11.1. The quantitative estimate of drug-likeness (QED) is 0.842. The summed E-state index contributed by atoms with van der Waals surface area (Å²) in [6, 6.07) is 1.65. The Morgan fingerprint density at radius 1 is 1.50 bits per heavy atom. The number of hydrogen-bond acceptors (Lipinski definition) is 3. The number of hydrogen-bond donors (Lipinski definition) is 1. The van der Waals surface area contributed by atoms with E-state index in [9.17, 15) is 17.6 Å². The number of amides is 1. The number of carbonyl (C=O) groups is 1. The molecule has 8 heteroatoms. The van der Waals surface area contributed by atoms with Gasteiger partial charge in [0.2, 0.25) is 0 Å². The third-order valence-electron chi connectivity index (χ3n) is 1.74. The van der Waals surface area contributed by atoms with Gasteiger partial charge in [0.05, 0.1) is 10.0 Å².